The normalized spacial score (nSPS) is 11.2. The minimum atomic E-state index is 0.577. The fraction of sp³-hybridized carbons (Fsp3) is 0.231. The lowest BCUT2D eigenvalue weighted by Gasteiger charge is -1.98. The van der Waals surface area contributed by atoms with Gasteiger partial charge in [0.2, 0.25) is 0 Å². The number of fused-ring (bicyclic) bond motifs is 1. The summed E-state index contributed by atoms with van der Waals surface area (Å²) in [6.07, 6.45) is 2.12. The van der Waals surface area contributed by atoms with Crippen molar-refractivity contribution < 1.29 is 4.52 Å². The van der Waals surface area contributed by atoms with Crippen LogP contribution in [0, 0.1) is 13.8 Å². The zero-order valence-electron chi connectivity index (χ0n) is 10.1. The average molecular weight is 227 g/mol. The largest absolute Gasteiger partial charge is 0.350 e. The first-order valence-corrected chi connectivity index (χ1v) is 5.51. The van der Waals surface area contributed by atoms with Crippen molar-refractivity contribution in [2.24, 2.45) is 7.05 Å². The van der Waals surface area contributed by atoms with Gasteiger partial charge in [0.25, 0.3) is 5.89 Å². The fourth-order valence-corrected chi connectivity index (χ4v) is 2.14. The standard InChI is InChI=1S/C13H13N3O/c1-8-7-16(3)12-5-4-10(6-11(8)12)13-14-9(2)15-17-13/h4-7H,1-3H3. The third-order valence-corrected chi connectivity index (χ3v) is 2.96. The number of nitrogens with zero attached hydrogens (tertiary/aromatic N) is 3. The Labute approximate surface area is 98.9 Å². The van der Waals surface area contributed by atoms with Crippen LogP contribution in [0.2, 0.25) is 0 Å². The van der Waals surface area contributed by atoms with Gasteiger partial charge in [-0.3, -0.25) is 0 Å². The summed E-state index contributed by atoms with van der Waals surface area (Å²) in [6, 6.07) is 6.18. The second-order valence-corrected chi connectivity index (χ2v) is 4.30. The van der Waals surface area contributed by atoms with Crippen molar-refractivity contribution in [3.8, 4) is 11.5 Å². The van der Waals surface area contributed by atoms with E-state index in [2.05, 4.69) is 40.0 Å². The predicted molar refractivity (Wildman–Crippen MR) is 65.7 cm³/mol. The van der Waals surface area contributed by atoms with Gasteiger partial charge < -0.3 is 9.09 Å². The smallest absolute Gasteiger partial charge is 0.257 e. The van der Waals surface area contributed by atoms with Gasteiger partial charge in [0.1, 0.15) is 0 Å². The molecule has 0 aliphatic rings. The Morgan fingerprint density at radius 2 is 2.06 bits per heavy atom. The van der Waals surface area contributed by atoms with Gasteiger partial charge in [-0.15, -0.1) is 0 Å². The molecule has 3 aromatic rings. The molecule has 2 aromatic heterocycles. The van der Waals surface area contributed by atoms with Crippen LogP contribution in [0.5, 0.6) is 0 Å². The van der Waals surface area contributed by atoms with E-state index in [-0.39, 0.29) is 0 Å². The molecule has 0 saturated carbocycles. The highest BCUT2D eigenvalue weighted by Gasteiger charge is 2.09. The minimum Gasteiger partial charge on any atom is -0.350 e. The highest BCUT2D eigenvalue weighted by Crippen LogP contribution is 2.26. The molecule has 2 heterocycles. The van der Waals surface area contributed by atoms with Gasteiger partial charge in [0, 0.05) is 29.7 Å². The number of aromatic nitrogens is 3. The molecule has 3 rings (SSSR count). The fourth-order valence-electron chi connectivity index (χ4n) is 2.14. The molecule has 17 heavy (non-hydrogen) atoms. The van der Waals surface area contributed by atoms with Gasteiger partial charge >= 0.3 is 0 Å². The first-order chi connectivity index (χ1) is 8.15. The molecule has 1 aromatic carbocycles. The monoisotopic (exact) mass is 227 g/mol. The molecular formula is C13H13N3O. The summed E-state index contributed by atoms with van der Waals surface area (Å²) in [5.41, 5.74) is 3.43. The molecule has 4 nitrogen and oxygen atoms in total. The molecule has 0 saturated heterocycles. The van der Waals surface area contributed by atoms with Gasteiger partial charge in [0.15, 0.2) is 5.82 Å². The van der Waals surface area contributed by atoms with Crippen LogP contribution in [-0.4, -0.2) is 14.7 Å². The molecule has 0 aliphatic carbocycles. The van der Waals surface area contributed by atoms with Crippen LogP contribution < -0.4 is 0 Å². The van der Waals surface area contributed by atoms with Gasteiger partial charge in [-0.05, 0) is 37.6 Å². The Balaban J connectivity index is 2.22. The summed E-state index contributed by atoms with van der Waals surface area (Å²) in [6.45, 7) is 3.92. The van der Waals surface area contributed by atoms with E-state index in [1.165, 1.54) is 16.5 Å². The Morgan fingerprint density at radius 3 is 2.76 bits per heavy atom. The summed E-state index contributed by atoms with van der Waals surface area (Å²) in [5, 5.41) is 5.03. The van der Waals surface area contributed by atoms with Crippen LogP contribution in [-0.2, 0) is 7.05 Å². The summed E-state index contributed by atoms with van der Waals surface area (Å²) in [5.74, 6) is 1.23. The Kier molecular flexibility index (Phi) is 2.04. The molecule has 0 amide bonds. The predicted octanol–water partition coefficient (Wildman–Crippen LogP) is 2.85. The van der Waals surface area contributed by atoms with Gasteiger partial charge in [-0.2, -0.15) is 4.98 Å². The van der Waals surface area contributed by atoms with E-state index >= 15 is 0 Å². The van der Waals surface area contributed by atoms with Crippen molar-refractivity contribution in [1.82, 2.24) is 14.7 Å². The van der Waals surface area contributed by atoms with Gasteiger partial charge in [-0.25, -0.2) is 0 Å². The molecule has 0 fully saturated rings. The molecule has 0 N–H and O–H groups in total. The van der Waals surface area contributed by atoms with E-state index in [1.807, 2.05) is 20.0 Å². The van der Waals surface area contributed by atoms with Crippen molar-refractivity contribution in [3.05, 3.63) is 35.8 Å². The second-order valence-electron chi connectivity index (χ2n) is 4.30. The molecule has 0 unspecified atom stereocenters. The molecule has 0 atom stereocenters. The van der Waals surface area contributed by atoms with Crippen LogP contribution in [0.3, 0.4) is 0 Å². The maximum atomic E-state index is 5.18. The molecule has 0 spiro atoms. The van der Waals surface area contributed by atoms with Gasteiger partial charge in [0.05, 0.1) is 0 Å². The van der Waals surface area contributed by atoms with Crippen molar-refractivity contribution >= 4 is 10.9 Å². The van der Waals surface area contributed by atoms with Crippen molar-refractivity contribution in [2.45, 2.75) is 13.8 Å². The van der Waals surface area contributed by atoms with E-state index in [4.69, 9.17) is 4.52 Å². The lowest BCUT2D eigenvalue weighted by molar-refractivity contribution is 0.425. The Bertz CT molecular complexity index is 694. The summed E-state index contributed by atoms with van der Waals surface area (Å²) < 4.78 is 7.30. The quantitative estimate of drug-likeness (QED) is 0.642. The van der Waals surface area contributed by atoms with E-state index < -0.39 is 0 Å². The highest BCUT2D eigenvalue weighted by molar-refractivity contribution is 5.87. The van der Waals surface area contributed by atoms with Crippen LogP contribution in [0.1, 0.15) is 11.4 Å². The Morgan fingerprint density at radius 1 is 1.24 bits per heavy atom. The van der Waals surface area contributed by atoms with Crippen molar-refractivity contribution in [1.29, 1.82) is 0 Å². The average Bonchev–Trinajstić information content (AvgIpc) is 2.85. The van der Waals surface area contributed by atoms with Crippen molar-refractivity contribution in [3.63, 3.8) is 0 Å². The second kappa shape index (κ2) is 3.45. The minimum absolute atomic E-state index is 0.577. The number of hydrogen-bond donors (Lipinski definition) is 0. The zero-order valence-corrected chi connectivity index (χ0v) is 10.1. The first kappa shape index (κ1) is 10.1. The zero-order chi connectivity index (χ0) is 12.0. The molecule has 86 valence electrons. The first-order valence-electron chi connectivity index (χ1n) is 5.51. The van der Waals surface area contributed by atoms with E-state index in [0.29, 0.717) is 11.7 Å². The summed E-state index contributed by atoms with van der Waals surface area (Å²) in [7, 11) is 2.05. The summed E-state index contributed by atoms with van der Waals surface area (Å²) >= 11 is 0. The lowest BCUT2D eigenvalue weighted by Crippen LogP contribution is -1.84. The van der Waals surface area contributed by atoms with Crippen LogP contribution >= 0.6 is 0 Å². The topological polar surface area (TPSA) is 43.9 Å². The van der Waals surface area contributed by atoms with Crippen LogP contribution in [0.25, 0.3) is 22.4 Å². The lowest BCUT2D eigenvalue weighted by atomic mass is 10.1. The molecular weight excluding hydrogens is 214 g/mol. The van der Waals surface area contributed by atoms with Crippen LogP contribution in [0.4, 0.5) is 0 Å². The highest BCUT2D eigenvalue weighted by atomic mass is 16.5. The molecule has 0 radical (unpaired) electrons. The third kappa shape index (κ3) is 1.53. The SMILES string of the molecule is Cc1noc(-c2ccc3c(c2)c(C)cn3C)n1. The number of rotatable bonds is 1. The molecule has 0 bridgehead atoms. The van der Waals surface area contributed by atoms with E-state index in [0.717, 1.165) is 5.56 Å². The number of benzene rings is 1. The van der Waals surface area contributed by atoms with E-state index in [9.17, 15) is 0 Å². The maximum absolute atomic E-state index is 5.18. The van der Waals surface area contributed by atoms with Crippen LogP contribution in [0.15, 0.2) is 28.9 Å². The number of hydrogen-bond acceptors (Lipinski definition) is 3. The number of aryl methyl sites for hydroxylation is 3. The Hall–Kier alpha value is -2.10. The molecule has 4 heteroatoms. The van der Waals surface area contributed by atoms with Crippen molar-refractivity contribution in [2.75, 3.05) is 0 Å². The van der Waals surface area contributed by atoms with Gasteiger partial charge in [-0.1, -0.05) is 5.16 Å². The summed E-state index contributed by atoms with van der Waals surface area (Å²) in [4.78, 5) is 4.24. The van der Waals surface area contributed by atoms with E-state index in [1.54, 1.807) is 0 Å². The maximum Gasteiger partial charge on any atom is 0.257 e. The third-order valence-electron chi connectivity index (χ3n) is 2.96. The molecule has 0 aliphatic heterocycles.